The minimum absolute atomic E-state index is 0.259. The number of benzene rings is 2. The highest BCUT2D eigenvalue weighted by molar-refractivity contribution is 5.90. The Kier molecular flexibility index (Phi) is 6.81. The summed E-state index contributed by atoms with van der Waals surface area (Å²) < 4.78 is 12.0. The molecule has 7 heteroatoms. The first-order chi connectivity index (χ1) is 15.4. The van der Waals surface area contributed by atoms with Crippen molar-refractivity contribution in [2.45, 2.75) is 59.6 Å². The van der Waals surface area contributed by atoms with Crippen LogP contribution in [0.5, 0.6) is 0 Å². The van der Waals surface area contributed by atoms with E-state index in [1.165, 1.54) is 4.68 Å². The van der Waals surface area contributed by atoms with Gasteiger partial charge in [0.2, 0.25) is 0 Å². The summed E-state index contributed by atoms with van der Waals surface area (Å²) in [4.78, 5) is 24.5. The van der Waals surface area contributed by atoms with Crippen LogP contribution in [0.3, 0.4) is 0 Å². The predicted molar refractivity (Wildman–Crippen MR) is 129 cm³/mol. The zero-order chi connectivity index (χ0) is 24.4. The largest absolute Gasteiger partial charge is 0.448 e. The molecule has 0 saturated heterocycles. The molecule has 1 aromatic heterocycles. The van der Waals surface area contributed by atoms with Gasteiger partial charge in [-0.25, -0.2) is 9.59 Å². The average molecular weight is 452 g/mol. The number of nitrogens with zero attached hydrogens (tertiary/aromatic N) is 2. The van der Waals surface area contributed by atoms with E-state index in [9.17, 15) is 9.59 Å². The van der Waals surface area contributed by atoms with Crippen LogP contribution in [0.1, 0.15) is 54.0 Å². The molecule has 3 rings (SSSR count). The fourth-order valence-corrected chi connectivity index (χ4v) is 3.37. The Morgan fingerprint density at radius 2 is 1.64 bits per heavy atom. The van der Waals surface area contributed by atoms with E-state index >= 15 is 0 Å². The molecule has 0 atom stereocenters. The molecule has 0 radical (unpaired) electrons. The van der Waals surface area contributed by atoms with Crippen LogP contribution < -0.4 is 5.32 Å². The first kappa shape index (κ1) is 24.3. The van der Waals surface area contributed by atoms with Crippen molar-refractivity contribution in [1.29, 1.82) is 0 Å². The van der Waals surface area contributed by atoms with E-state index in [1.807, 2.05) is 90.9 Å². The number of nitrogens with one attached hydrogen (secondary N) is 1. The van der Waals surface area contributed by atoms with Gasteiger partial charge in [0, 0.05) is 5.39 Å². The normalized spacial score (nSPS) is 12.1. The van der Waals surface area contributed by atoms with Gasteiger partial charge in [-0.15, -0.1) is 0 Å². The van der Waals surface area contributed by atoms with Gasteiger partial charge in [-0.2, -0.15) is 9.78 Å². The molecular weight excluding hydrogens is 418 g/mol. The van der Waals surface area contributed by atoms with Crippen molar-refractivity contribution >= 4 is 23.1 Å². The Hall–Kier alpha value is -3.35. The third kappa shape index (κ3) is 6.12. The Morgan fingerprint density at radius 3 is 2.24 bits per heavy atom. The number of hydrogen-bond donors (Lipinski definition) is 1. The Morgan fingerprint density at radius 1 is 1.00 bits per heavy atom. The Labute approximate surface area is 195 Å². The molecule has 0 aliphatic carbocycles. The van der Waals surface area contributed by atoms with Gasteiger partial charge in [0.15, 0.2) is 0 Å². The molecule has 0 spiro atoms. The first-order valence-electron chi connectivity index (χ1n) is 11.1. The molecule has 0 aliphatic rings. The fourth-order valence-electron chi connectivity index (χ4n) is 3.37. The second-order valence-electron chi connectivity index (χ2n) is 10.1. The number of alkyl carbamates (subject to hydrolysis) is 1. The van der Waals surface area contributed by atoms with Crippen molar-refractivity contribution in [3.63, 3.8) is 0 Å². The molecule has 1 amide bonds. The summed E-state index contributed by atoms with van der Waals surface area (Å²) in [7, 11) is 0. The van der Waals surface area contributed by atoms with E-state index in [0.717, 1.165) is 22.1 Å². The number of fused-ring (bicyclic) bond motifs is 1. The lowest BCUT2D eigenvalue weighted by atomic mass is 9.92. The van der Waals surface area contributed by atoms with Gasteiger partial charge in [-0.1, -0.05) is 44.2 Å². The van der Waals surface area contributed by atoms with Crippen LogP contribution in [0.25, 0.3) is 22.0 Å². The van der Waals surface area contributed by atoms with E-state index < -0.39 is 23.3 Å². The topological polar surface area (TPSA) is 82.5 Å². The summed E-state index contributed by atoms with van der Waals surface area (Å²) in [6.45, 7) is 13.7. The molecule has 0 fully saturated rings. The molecule has 3 aromatic rings. The maximum Gasteiger partial charge on any atom is 0.435 e. The predicted octanol–water partition coefficient (Wildman–Crippen LogP) is 6.10. The van der Waals surface area contributed by atoms with Crippen molar-refractivity contribution in [3.8, 4) is 11.1 Å². The van der Waals surface area contributed by atoms with E-state index in [-0.39, 0.29) is 5.92 Å². The Balaban J connectivity index is 1.77. The van der Waals surface area contributed by atoms with Crippen molar-refractivity contribution in [3.05, 3.63) is 54.2 Å². The molecule has 1 N–H and O–H groups in total. The summed E-state index contributed by atoms with van der Waals surface area (Å²) in [6.07, 6.45) is 0.735. The maximum atomic E-state index is 12.3. The van der Waals surface area contributed by atoms with Crippen LogP contribution in [0.2, 0.25) is 0 Å². The van der Waals surface area contributed by atoms with Crippen LogP contribution in [0, 0.1) is 5.92 Å². The number of rotatable bonds is 5. The minimum atomic E-state index is -0.595. The highest BCUT2D eigenvalue weighted by Crippen LogP contribution is 2.28. The average Bonchev–Trinajstić information content (AvgIpc) is 3.13. The van der Waals surface area contributed by atoms with E-state index in [1.54, 1.807) is 6.20 Å². The summed E-state index contributed by atoms with van der Waals surface area (Å²) in [5.74, 6) is 0.259. The van der Waals surface area contributed by atoms with Crippen molar-refractivity contribution in [2.75, 3.05) is 6.61 Å². The molecule has 176 valence electrons. The van der Waals surface area contributed by atoms with Crippen LogP contribution in [0.15, 0.2) is 48.7 Å². The lowest BCUT2D eigenvalue weighted by molar-refractivity contribution is 0.0470. The maximum absolute atomic E-state index is 12.3. The van der Waals surface area contributed by atoms with Gasteiger partial charge in [0.05, 0.1) is 23.9 Å². The summed E-state index contributed by atoms with van der Waals surface area (Å²) >= 11 is 0. The zero-order valence-corrected chi connectivity index (χ0v) is 20.4. The van der Waals surface area contributed by atoms with E-state index in [0.29, 0.717) is 12.1 Å². The standard InChI is InChI=1S/C26H33N3O4/c1-17(2)16-32-24(31)29-22-13-10-19(14-20(22)15-27-29)18-8-11-21(12-9-18)26(6,7)28-23(30)33-25(3,4)5/h8-15,17H,16H2,1-7H3,(H,28,30). The molecule has 0 aliphatic heterocycles. The first-order valence-corrected chi connectivity index (χ1v) is 11.1. The quantitative estimate of drug-likeness (QED) is 0.506. The van der Waals surface area contributed by atoms with Gasteiger partial charge in [-0.05, 0) is 69.4 Å². The fraction of sp³-hybridized carbons (Fsp3) is 0.423. The molecule has 7 nitrogen and oxygen atoms in total. The van der Waals surface area contributed by atoms with Gasteiger partial charge < -0.3 is 14.8 Å². The molecule has 0 saturated carbocycles. The number of carbonyl (C=O) groups is 2. The van der Waals surface area contributed by atoms with Crippen molar-refractivity contribution in [1.82, 2.24) is 15.1 Å². The van der Waals surface area contributed by atoms with Crippen LogP contribution >= 0.6 is 0 Å². The lowest BCUT2D eigenvalue weighted by Crippen LogP contribution is -2.43. The monoisotopic (exact) mass is 451 g/mol. The lowest BCUT2D eigenvalue weighted by Gasteiger charge is -2.29. The SMILES string of the molecule is CC(C)COC(=O)n1ncc2cc(-c3ccc(C(C)(C)NC(=O)OC(C)(C)C)cc3)ccc21. The highest BCUT2D eigenvalue weighted by atomic mass is 16.6. The van der Waals surface area contributed by atoms with Crippen molar-refractivity contribution < 1.29 is 19.1 Å². The van der Waals surface area contributed by atoms with Gasteiger partial charge in [0.1, 0.15) is 5.60 Å². The van der Waals surface area contributed by atoms with Gasteiger partial charge in [0.25, 0.3) is 0 Å². The number of amides is 1. The summed E-state index contributed by atoms with van der Waals surface area (Å²) in [6, 6.07) is 13.8. The van der Waals surface area contributed by atoms with E-state index in [4.69, 9.17) is 9.47 Å². The molecule has 33 heavy (non-hydrogen) atoms. The second-order valence-corrected chi connectivity index (χ2v) is 10.1. The second kappa shape index (κ2) is 9.25. The van der Waals surface area contributed by atoms with Crippen molar-refractivity contribution in [2.24, 2.45) is 5.92 Å². The number of carbonyl (C=O) groups excluding carboxylic acids is 2. The summed E-state index contributed by atoms with van der Waals surface area (Å²) in [5, 5.41) is 7.98. The summed E-state index contributed by atoms with van der Waals surface area (Å²) in [5.41, 5.74) is 2.53. The van der Waals surface area contributed by atoms with Gasteiger partial charge >= 0.3 is 12.2 Å². The third-order valence-electron chi connectivity index (χ3n) is 5.03. The number of hydrogen-bond acceptors (Lipinski definition) is 5. The van der Waals surface area contributed by atoms with Crippen LogP contribution in [-0.2, 0) is 15.0 Å². The molecule has 0 bridgehead atoms. The molecule has 2 aromatic carbocycles. The van der Waals surface area contributed by atoms with Crippen LogP contribution in [0.4, 0.5) is 9.59 Å². The number of ether oxygens (including phenoxy) is 2. The minimum Gasteiger partial charge on any atom is -0.448 e. The highest BCUT2D eigenvalue weighted by Gasteiger charge is 2.26. The molecule has 1 heterocycles. The van der Waals surface area contributed by atoms with Crippen LogP contribution in [-0.4, -0.2) is 34.2 Å². The molecular formula is C26H33N3O4. The smallest absolute Gasteiger partial charge is 0.435 e. The zero-order valence-electron chi connectivity index (χ0n) is 20.4. The number of aromatic nitrogens is 2. The van der Waals surface area contributed by atoms with Gasteiger partial charge in [-0.3, -0.25) is 0 Å². The third-order valence-corrected chi connectivity index (χ3v) is 5.03. The molecule has 0 unspecified atom stereocenters. The Bertz CT molecular complexity index is 1140. The van der Waals surface area contributed by atoms with E-state index in [2.05, 4.69) is 10.4 Å².